The summed E-state index contributed by atoms with van der Waals surface area (Å²) in [5.41, 5.74) is 1.09. The van der Waals surface area contributed by atoms with Crippen LogP contribution in [-0.2, 0) is 13.0 Å². The highest BCUT2D eigenvalue weighted by molar-refractivity contribution is 6.35. The lowest BCUT2D eigenvalue weighted by Crippen LogP contribution is -2.11. The van der Waals surface area contributed by atoms with Gasteiger partial charge in [-0.3, -0.25) is 14.9 Å². The fraction of sp³-hybridized carbons (Fsp3) is 0.148. The first-order chi connectivity index (χ1) is 17.8. The van der Waals surface area contributed by atoms with Crippen molar-refractivity contribution < 1.29 is 23.6 Å². The molecule has 0 unspecified atom stereocenters. The predicted molar refractivity (Wildman–Crippen MR) is 141 cm³/mol. The number of amides is 1. The molecule has 0 spiro atoms. The lowest BCUT2D eigenvalue weighted by molar-refractivity contribution is -0.384. The number of nitro benzene ring substituents is 1. The molecule has 0 radical (unpaired) electrons. The van der Waals surface area contributed by atoms with E-state index in [-0.39, 0.29) is 40.3 Å². The van der Waals surface area contributed by atoms with Gasteiger partial charge in [-0.2, -0.15) is 0 Å². The van der Waals surface area contributed by atoms with Crippen LogP contribution in [0.5, 0.6) is 17.2 Å². The third kappa shape index (κ3) is 7.03. The van der Waals surface area contributed by atoms with Crippen LogP contribution in [0.2, 0.25) is 10.0 Å². The second-order valence-electron chi connectivity index (χ2n) is 8.05. The van der Waals surface area contributed by atoms with E-state index in [2.05, 4.69) is 12.2 Å². The third-order valence-corrected chi connectivity index (χ3v) is 5.74. The van der Waals surface area contributed by atoms with Gasteiger partial charge in [-0.05, 0) is 54.4 Å². The Morgan fingerprint density at radius 3 is 2.49 bits per heavy atom. The first-order valence-corrected chi connectivity index (χ1v) is 12.1. The molecule has 8 nitrogen and oxygen atoms in total. The van der Waals surface area contributed by atoms with Crippen LogP contribution in [0, 0.1) is 10.1 Å². The molecule has 1 N–H and O–H groups in total. The highest BCUT2D eigenvalue weighted by Gasteiger charge is 2.17. The average Bonchev–Trinajstić information content (AvgIpc) is 3.35. The maximum atomic E-state index is 12.8. The van der Waals surface area contributed by atoms with Gasteiger partial charge in [0.25, 0.3) is 11.6 Å². The number of nitrogens with zero attached hydrogens (tertiary/aromatic N) is 1. The van der Waals surface area contributed by atoms with Crippen LogP contribution in [0.3, 0.4) is 0 Å². The first kappa shape index (κ1) is 26.1. The Kier molecular flexibility index (Phi) is 8.32. The minimum atomic E-state index is -0.594. The number of ether oxygens (including phenoxy) is 2. The van der Waals surface area contributed by atoms with Crippen molar-refractivity contribution in [3.63, 3.8) is 0 Å². The SMILES string of the molecule is CCCc1ccc(OCc2ccc(C(=O)Nc3cc(Oc4ccc(Cl)cc4Cl)cc([N+](=O)[O-])c3)o2)cc1. The Labute approximate surface area is 222 Å². The number of nitro groups is 1. The number of hydrogen-bond acceptors (Lipinski definition) is 6. The monoisotopic (exact) mass is 540 g/mol. The fourth-order valence-electron chi connectivity index (χ4n) is 3.47. The van der Waals surface area contributed by atoms with Gasteiger partial charge in [0.05, 0.1) is 21.7 Å². The van der Waals surface area contributed by atoms with Crippen LogP contribution in [0.25, 0.3) is 0 Å². The molecule has 0 aliphatic heterocycles. The van der Waals surface area contributed by atoms with E-state index in [9.17, 15) is 14.9 Å². The van der Waals surface area contributed by atoms with Crippen LogP contribution >= 0.6 is 23.2 Å². The van der Waals surface area contributed by atoms with Crippen LogP contribution < -0.4 is 14.8 Å². The van der Waals surface area contributed by atoms with Gasteiger partial charge in [0.2, 0.25) is 0 Å². The minimum absolute atomic E-state index is 0.0200. The van der Waals surface area contributed by atoms with E-state index in [0.717, 1.165) is 12.8 Å². The Hall–Kier alpha value is -4.01. The molecule has 0 saturated carbocycles. The molecule has 0 aliphatic carbocycles. The molecule has 0 saturated heterocycles. The summed E-state index contributed by atoms with van der Waals surface area (Å²) in [6, 6.07) is 19.4. The topological polar surface area (TPSA) is 104 Å². The van der Waals surface area contributed by atoms with Crippen molar-refractivity contribution >= 4 is 40.5 Å². The van der Waals surface area contributed by atoms with Crippen molar-refractivity contribution in [2.45, 2.75) is 26.4 Å². The number of halogens is 2. The van der Waals surface area contributed by atoms with Gasteiger partial charge >= 0.3 is 0 Å². The lowest BCUT2D eigenvalue weighted by atomic mass is 10.1. The zero-order valence-electron chi connectivity index (χ0n) is 19.7. The minimum Gasteiger partial charge on any atom is -0.486 e. The molecule has 4 aromatic rings. The van der Waals surface area contributed by atoms with Gasteiger partial charge in [-0.1, -0.05) is 48.7 Å². The Morgan fingerprint density at radius 1 is 1.00 bits per heavy atom. The second-order valence-corrected chi connectivity index (χ2v) is 8.90. The highest BCUT2D eigenvalue weighted by atomic mass is 35.5. The molecule has 3 aromatic carbocycles. The van der Waals surface area contributed by atoms with Gasteiger partial charge in [0.15, 0.2) is 5.76 Å². The molecule has 0 bridgehead atoms. The molecule has 1 aromatic heterocycles. The quantitative estimate of drug-likeness (QED) is 0.161. The highest BCUT2D eigenvalue weighted by Crippen LogP contribution is 2.34. The van der Waals surface area contributed by atoms with Crippen molar-refractivity contribution in [2.24, 2.45) is 0 Å². The molecular weight excluding hydrogens is 519 g/mol. The second kappa shape index (κ2) is 11.8. The number of anilines is 1. The van der Waals surface area contributed by atoms with Gasteiger partial charge in [0.1, 0.15) is 29.6 Å². The van der Waals surface area contributed by atoms with Gasteiger partial charge in [0, 0.05) is 17.2 Å². The van der Waals surface area contributed by atoms with Crippen LogP contribution in [0.15, 0.2) is 77.2 Å². The normalized spacial score (nSPS) is 10.7. The van der Waals surface area contributed by atoms with Crippen LogP contribution in [-0.4, -0.2) is 10.8 Å². The first-order valence-electron chi connectivity index (χ1n) is 11.3. The number of furan rings is 1. The Balaban J connectivity index is 1.43. The number of benzene rings is 3. The molecule has 10 heteroatoms. The standard InChI is InChI=1S/C27H22Cl2N2O6/c1-2-3-17-4-7-21(8-5-17)35-16-22-9-11-26(36-22)27(32)30-19-13-20(31(33)34)15-23(14-19)37-25-10-6-18(28)12-24(25)29/h4-15H,2-3,16H2,1H3,(H,30,32). The Bertz CT molecular complexity index is 1420. The summed E-state index contributed by atoms with van der Waals surface area (Å²) in [7, 11) is 0. The third-order valence-electron chi connectivity index (χ3n) is 5.21. The number of carbonyl (C=O) groups excluding carboxylic acids is 1. The van der Waals surface area contributed by atoms with E-state index >= 15 is 0 Å². The van der Waals surface area contributed by atoms with Gasteiger partial charge < -0.3 is 19.2 Å². The summed E-state index contributed by atoms with van der Waals surface area (Å²) in [5.74, 6) is 0.917. The summed E-state index contributed by atoms with van der Waals surface area (Å²) in [6.45, 7) is 2.26. The van der Waals surface area contributed by atoms with E-state index in [0.29, 0.717) is 16.5 Å². The van der Waals surface area contributed by atoms with Crippen molar-refractivity contribution in [2.75, 3.05) is 5.32 Å². The fourth-order valence-corrected chi connectivity index (χ4v) is 3.92. The number of nitrogens with one attached hydrogen (secondary N) is 1. The average molecular weight is 541 g/mol. The number of hydrogen-bond donors (Lipinski definition) is 1. The van der Waals surface area contributed by atoms with E-state index in [4.69, 9.17) is 37.1 Å². The van der Waals surface area contributed by atoms with Crippen molar-refractivity contribution in [1.29, 1.82) is 0 Å². The summed E-state index contributed by atoms with van der Waals surface area (Å²) in [4.78, 5) is 23.6. The Morgan fingerprint density at radius 2 is 1.78 bits per heavy atom. The predicted octanol–water partition coefficient (Wildman–Crippen LogP) is 8.07. The maximum Gasteiger partial charge on any atom is 0.291 e. The van der Waals surface area contributed by atoms with E-state index in [1.165, 1.54) is 42.0 Å². The summed E-state index contributed by atoms with van der Waals surface area (Å²) < 4.78 is 17.0. The largest absolute Gasteiger partial charge is 0.486 e. The molecule has 37 heavy (non-hydrogen) atoms. The van der Waals surface area contributed by atoms with Gasteiger partial charge in [-0.25, -0.2) is 0 Å². The molecule has 0 atom stereocenters. The molecule has 0 fully saturated rings. The molecule has 1 amide bonds. The molecule has 4 rings (SSSR count). The van der Waals surface area contributed by atoms with Crippen LogP contribution in [0.4, 0.5) is 11.4 Å². The lowest BCUT2D eigenvalue weighted by Gasteiger charge is -2.10. The molecule has 0 aliphatic rings. The molecule has 190 valence electrons. The van der Waals surface area contributed by atoms with Crippen molar-refractivity contribution in [1.82, 2.24) is 0 Å². The van der Waals surface area contributed by atoms with E-state index in [1.807, 2.05) is 24.3 Å². The maximum absolute atomic E-state index is 12.8. The molecular formula is C27H22Cl2N2O6. The van der Waals surface area contributed by atoms with Crippen LogP contribution in [0.1, 0.15) is 35.2 Å². The van der Waals surface area contributed by atoms with Gasteiger partial charge in [-0.15, -0.1) is 0 Å². The van der Waals surface area contributed by atoms with Crippen molar-refractivity contribution in [3.05, 3.63) is 110 Å². The summed E-state index contributed by atoms with van der Waals surface area (Å²) >= 11 is 12.0. The number of non-ortho nitro benzene ring substituents is 1. The molecule has 1 heterocycles. The smallest absolute Gasteiger partial charge is 0.291 e. The van der Waals surface area contributed by atoms with E-state index in [1.54, 1.807) is 12.1 Å². The van der Waals surface area contributed by atoms with E-state index < -0.39 is 10.8 Å². The number of carbonyl (C=O) groups is 1. The summed E-state index contributed by atoms with van der Waals surface area (Å²) in [5, 5.41) is 14.7. The zero-order valence-corrected chi connectivity index (χ0v) is 21.2. The zero-order chi connectivity index (χ0) is 26.4. The van der Waals surface area contributed by atoms with Crippen molar-refractivity contribution in [3.8, 4) is 17.2 Å². The number of aryl methyl sites for hydroxylation is 1. The summed E-state index contributed by atoms with van der Waals surface area (Å²) in [6.07, 6.45) is 2.07. The number of rotatable bonds is 10.